The van der Waals surface area contributed by atoms with Crippen molar-refractivity contribution in [3.63, 3.8) is 0 Å². The Balaban J connectivity index is 2.02. The van der Waals surface area contributed by atoms with Crippen molar-refractivity contribution in [2.45, 2.75) is 19.6 Å². The maximum Gasteiger partial charge on any atom is 0.436 e. The van der Waals surface area contributed by atoms with Crippen LogP contribution in [0.5, 0.6) is 0 Å². The number of aryl methyl sites for hydroxylation is 1. The van der Waals surface area contributed by atoms with Crippen LogP contribution in [-0.2, 0) is 12.7 Å². The zero-order valence-electron chi connectivity index (χ0n) is 14.9. The summed E-state index contributed by atoms with van der Waals surface area (Å²) in [5, 5.41) is 9.36. The number of halogens is 4. The molecule has 0 N–H and O–H groups in total. The topological polar surface area (TPSA) is 69.9 Å². The second-order valence-electron chi connectivity index (χ2n) is 5.97. The molecule has 2 aromatic heterocycles. The van der Waals surface area contributed by atoms with E-state index in [9.17, 15) is 22.4 Å². The number of pyridine rings is 1. The Morgan fingerprint density at radius 1 is 1.28 bits per heavy atom. The van der Waals surface area contributed by atoms with Crippen LogP contribution < -0.4 is 4.90 Å². The van der Waals surface area contributed by atoms with Gasteiger partial charge in [0.1, 0.15) is 5.69 Å². The predicted molar refractivity (Wildman–Crippen MR) is 98.4 cm³/mol. The van der Waals surface area contributed by atoms with Crippen LogP contribution in [0.3, 0.4) is 0 Å². The highest BCUT2D eigenvalue weighted by atomic mass is 32.1. The molecular formula is C19H12F4N4OS. The number of anilines is 2. The first-order valence-corrected chi connectivity index (χ1v) is 8.96. The molecule has 29 heavy (non-hydrogen) atoms. The van der Waals surface area contributed by atoms with E-state index in [0.29, 0.717) is 27.5 Å². The van der Waals surface area contributed by atoms with Crippen molar-refractivity contribution in [1.82, 2.24) is 9.97 Å². The molecule has 0 saturated heterocycles. The number of hydrogen-bond acceptors (Lipinski definition) is 6. The molecule has 0 bridgehead atoms. The van der Waals surface area contributed by atoms with Gasteiger partial charge in [0, 0.05) is 16.8 Å². The lowest BCUT2D eigenvalue weighted by Gasteiger charge is -2.22. The molecule has 0 saturated carbocycles. The Hall–Kier alpha value is -3.32. The van der Waals surface area contributed by atoms with Crippen molar-refractivity contribution < 1.29 is 22.4 Å². The van der Waals surface area contributed by atoms with Crippen LogP contribution in [0.15, 0.2) is 36.5 Å². The van der Waals surface area contributed by atoms with Gasteiger partial charge in [-0.1, -0.05) is 0 Å². The summed E-state index contributed by atoms with van der Waals surface area (Å²) >= 11 is 1.21. The fourth-order valence-electron chi connectivity index (χ4n) is 2.56. The second kappa shape index (κ2) is 7.97. The summed E-state index contributed by atoms with van der Waals surface area (Å²) in [6.07, 6.45) is -3.34. The first-order chi connectivity index (χ1) is 13.7. The predicted octanol–water partition coefficient (Wildman–Crippen LogP) is 5.03. The van der Waals surface area contributed by atoms with Gasteiger partial charge >= 0.3 is 6.18 Å². The lowest BCUT2D eigenvalue weighted by atomic mass is 10.2. The van der Waals surface area contributed by atoms with E-state index in [-0.39, 0.29) is 17.8 Å². The number of carbonyl (C=O) groups is 1. The van der Waals surface area contributed by atoms with Gasteiger partial charge in [0.15, 0.2) is 22.9 Å². The molecule has 1 aromatic carbocycles. The molecule has 0 fully saturated rings. The molecule has 0 radical (unpaired) electrons. The zero-order valence-corrected chi connectivity index (χ0v) is 15.7. The Labute approximate surface area is 166 Å². The SMILES string of the molecule is Cc1sc(N(Cc2cnc(C(F)(F)F)c(F)c2)c2ccc(C#N)cc2)nc1C=O. The van der Waals surface area contributed by atoms with E-state index >= 15 is 0 Å². The van der Waals surface area contributed by atoms with Gasteiger partial charge in [-0.25, -0.2) is 14.4 Å². The van der Waals surface area contributed by atoms with Crippen molar-refractivity contribution in [3.05, 3.63) is 69.7 Å². The Morgan fingerprint density at radius 2 is 1.97 bits per heavy atom. The lowest BCUT2D eigenvalue weighted by Crippen LogP contribution is -2.18. The summed E-state index contributed by atoms with van der Waals surface area (Å²) in [6, 6.07) is 9.15. The largest absolute Gasteiger partial charge is 0.436 e. The van der Waals surface area contributed by atoms with Gasteiger partial charge in [-0.15, -0.1) is 11.3 Å². The van der Waals surface area contributed by atoms with Crippen LogP contribution in [0.4, 0.5) is 28.4 Å². The van der Waals surface area contributed by atoms with Crippen LogP contribution >= 0.6 is 11.3 Å². The number of hydrogen-bond donors (Lipinski definition) is 0. The van der Waals surface area contributed by atoms with E-state index in [1.807, 2.05) is 6.07 Å². The standard InChI is InChI=1S/C19H12F4N4OS/c1-11-16(10-28)26-18(29-11)27(14-4-2-12(7-24)3-5-14)9-13-6-15(20)17(25-8-13)19(21,22)23/h2-6,8,10H,9H2,1H3. The maximum atomic E-state index is 13.9. The van der Waals surface area contributed by atoms with Gasteiger partial charge in [0.25, 0.3) is 0 Å². The number of aromatic nitrogens is 2. The number of alkyl halides is 3. The monoisotopic (exact) mass is 420 g/mol. The maximum absolute atomic E-state index is 13.9. The first-order valence-electron chi connectivity index (χ1n) is 8.15. The van der Waals surface area contributed by atoms with Crippen molar-refractivity contribution in [2.75, 3.05) is 4.90 Å². The molecule has 0 aliphatic heterocycles. The molecule has 0 aliphatic rings. The molecule has 0 unspecified atom stereocenters. The molecule has 0 aliphatic carbocycles. The van der Waals surface area contributed by atoms with Gasteiger partial charge < -0.3 is 4.90 Å². The van der Waals surface area contributed by atoms with E-state index < -0.39 is 17.7 Å². The minimum atomic E-state index is -4.89. The Bertz CT molecular complexity index is 1090. The molecule has 5 nitrogen and oxygen atoms in total. The number of rotatable bonds is 5. The number of thiazole rings is 1. The molecule has 3 rings (SSSR count). The lowest BCUT2D eigenvalue weighted by molar-refractivity contribution is -0.143. The molecular weight excluding hydrogens is 408 g/mol. The van der Waals surface area contributed by atoms with Gasteiger partial charge in [0.2, 0.25) is 0 Å². The third-order valence-electron chi connectivity index (χ3n) is 3.98. The van der Waals surface area contributed by atoms with Gasteiger partial charge in [-0.05, 0) is 42.8 Å². The van der Waals surface area contributed by atoms with Gasteiger partial charge in [-0.2, -0.15) is 18.4 Å². The second-order valence-corrected chi connectivity index (χ2v) is 7.15. The van der Waals surface area contributed by atoms with Crippen LogP contribution in [0.2, 0.25) is 0 Å². The highest BCUT2D eigenvalue weighted by molar-refractivity contribution is 7.15. The third kappa shape index (κ3) is 4.41. The number of nitriles is 1. The summed E-state index contributed by atoms with van der Waals surface area (Å²) in [6.45, 7) is 1.67. The van der Waals surface area contributed by atoms with Crippen molar-refractivity contribution >= 4 is 28.4 Å². The fourth-order valence-corrected chi connectivity index (χ4v) is 3.46. The van der Waals surface area contributed by atoms with Crippen molar-refractivity contribution in [2.24, 2.45) is 0 Å². The highest BCUT2D eigenvalue weighted by Crippen LogP contribution is 2.34. The number of carbonyl (C=O) groups excluding carboxylic acids is 1. The highest BCUT2D eigenvalue weighted by Gasteiger charge is 2.36. The smallest absolute Gasteiger partial charge is 0.313 e. The summed E-state index contributed by atoms with van der Waals surface area (Å²) in [7, 11) is 0. The van der Waals surface area contributed by atoms with E-state index in [0.717, 1.165) is 12.3 Å². The van der Waals surface area contributed by atoms with Crippen molar-refractivity contribution in [1.29, 1.82) is 5.26 Å². The number of aldehydes is 1. The number of benzene rings is 1. The molecule has 0 atom stereocenters. The average Bonchev–Trinajstić information content (AvgIpc) is 3.05. The Kier molecular flexibility index (Phi) is 5.61. The molecule has 3 aromatic rings. The zero-order chi connectivity index (χ0) is 21.2. The first kappa shape index (κ1) is 20.4. The van der Waals surface area contributed by atoms with Gasteiger partial charge in [-0.3, -0.25) is 4.79 Å². The van der Waals surface area contributed by atoms with Crippen LogP contribution in [0, 0.1) is 24.1 Å². The molecule has 148 valence electrons. The normalized spacial score (nSPS) is 11.2. The van der Waals surface area contributed by atoms with Crippen molar-refractivity contribution in [3.8, 4) is 6.07 Å². The van der Waals surface area contributed by atoms with Crippen LogP contribution in [-0.4, -0.2) is 16.3 Å². The minimum Gasteiger partial charge on any atom is -0.313 e. The van der Waals surface area contributed by atoms with E-state index in [2.05, 4.69) is 9.97 Å². The molecule has 0 spiro atoms. The fraction of sp³-hybridized carbons (Fsp3) is 0.158. The molecule has 0 amide bonds. The Morgan fingerprint density at radius 3 is 2.48 bits per heavy atom. The van der Waals surface area contributed by atoms with E-state index in [1.54, 1.807) is 36.1 Å². The molecule has 10 heteroatoms. The van der Waals surface area contributed by atoms with E-state index in [4.69, 9.17) is 5.26 Å². The van der Waals surface area contributed by atoms with E-state index in [1.165, 1.54) is 11.3 Å². The summed E-state index contributed by atoms with van der Waals surface area (Å²) in [5.41, 5.74) is -0.185. The minimum absolute atomic E-state index is 0.0425. The number of nitrogens with zero attached hydrogens (tertiary/aromatic N) is 4. The summed E-state index contributed by atoms with van der Waals surface area (Å²) in [4.78, 5) is 20.9. The average molecular weight is 420 g/mol. The molecule has 2 heterocycles. The summed E-state index contributed by atoms with van der Waals surface area (Å²) in [5.74, 6) is -1.47. The van der Waals surface area contributed by atoms with Crippen LogP contribution in [0.1, 0.15) is 32.2 Å². The van der Waals surface area contributed by atoms with Gasteiger partial charge in [0.05, 0.1) is 18.2 Å². The summed E-state index contributed by atoms with van der Waals surface area (Å²) < 4.78 is 52.2. The third-order valence-corrected chi connectivity index (χ3v) is 4.99. The van der Waals surface area contributed by atoms with Crippen LogP contribution in [0.25, 0.3) is 0 Å². The quantitative estimate of drug-likeness (QED) is 0.428.